The van der Waals surface area contributed by atoms with E-state index in [-0.39, 0.29) is 17.0 Å². The molecule has 0 spiro atoms. The first-order valence-electron chi connectivity index (χ1n) is 7.33. The van der Waals surface area contributed by atoms with E-state index in [9.17, 15) is 13.2 Å². The fourth-order valence-corrected chi connectivity index (χ4v) is 4.26. The van der Waals surface area contributed by atoms with Gasteiger partial charge in [-0.25, -0.2) is 0 Å². The lowest BCUT2D eigenvalue weighted by atomic mass is 10.1. The highest BCUT2D eigenvalue weighted by Gasteiger charge is 2.31. The van der Waals surface area contributed by atoms with Crippen LogP contribution in [0.25, 0.3) is 0 Å². The van der Waals surface area contributed by atoms with Crippen LogP contribution in [0.1, 0.15) is 22.4 Å². The molecule has 11 heteroatoms. The molecular formula is C16H9F3N6S2. The SMILES string of the molecule is CN1N=C(SCc2ccc(C(F)(F)F)cc2C#N)Sc2nnc(C#N)cc21. The molecule has 0 unspecified atom stereocenters. The summed E-state index contributed by atoms with van der Waals surface area (Å²) in [5.41, 5.74) is 0.428. The minimum absolute atomic E-state index is 0.0223. The predicted octanol–water partition coefficient (Wildman–Crippen LogP) is 3.99. The first-order chi connectivity index (χ1) is 12.8. The summed E-state index contributed by atoms with van der Waals surface area (Å²) in [6.07, 6.45) is -4.49. The molecule has 0 aliphatic carbocycles. The summed E-state index contributed by atoms with van der Waals surface area (Å²) in [6.45, 7) is 0. The molecule has 0 fully saturated rings. The quantitative estimate of drug-likeness (QED) is 0.745. The molecule has 0 radical (unpaired) electrons. The Kier molecular flexibility index (Phi) is 5.26. The van der Waals surface area contributed by atoms with Gasteiger partial charge in [-0.05, 0) is 29.5 Å². The first-order valence-corrected chi connectivity index (χ1v) is 9.13. The Labute approximate surface area is 160 Å². The zero-order valence-electron chi connectivity index (χ0n) is 13.7. The summed E-state index contributed by atoms with van der Waals surface area (Å²) < 4.78 is 38.9. The van der Waals surface area contributed by atoms with E-state index >= 15 is 0 Å². The van der Waals surface area contributed by atoms with Crippen molar-refractivity contribution in [3.63, 3.8) is 0 Å². The van der Waals surface area contributed by atoms with Gasteiger partial charge < -0.3 is 0 Å². The van der Waals surface area contributed by atoms with Gasteiger partial charge in [0, 0.05) is 18.9 Å². The van der Waals surface area contributed by atoms with Gasteiger partial charge in [0.15, 0.2) is 15.1 Å². The van der Waals surface area contributed by atoms with E-state index in [1.54, 1.807) is 18.1 Å². The molecule has 0 saturated heterocycles. The van der Waals surface area contributed by atoms with Crippen LogP contribution in [0.15, 0.2) is 34.4 Å². The number of alkyl halides is 3. The number of aromatic nitrogens is 2. The second-order valence-electron chi connectivity index (χ2n) is 5.29. The van der Waals surface area contributed by atoms with Crippen LogP contribution in [0.5, 0.6) is 0 Å². The van der Waals surface area contributed by atoms with Crippen LogP contribution < -0.4 is 5.01 Å². The van der Waals surface area contributed by atoms with E-state index in [2.05, 4.69) is 15.3 Å². The predicted molar refractivity (Wildman–Crippen MR) is 95.9 cm³/mol. The molecule has 0 N–H and O–H groups in total. The lowest BCUT2D eigenvalue weighted by Gasteiger charge is -2.22. The van der Waals surface area contributed by atoms with Gasteiger partial charge in [0.1, 0.15) is 6.07 Å². The summed E-state index contributed by atoms with van der Waals surface area (Å²) >= 11 is 2.52. The van der Waals surface area contributed by atoms with E-state index in [1.165, 1.54) is 29.6 Å². The zero-order chi connectivity index (χ0) is 19.6. The maximum absolute atomic E-state index is 12.8. The largest absolute Gasteiger partial charge is 0.416 e. The first kappa shape index (κ1) is 19.0. The average Bonchev–Trinajstić information content (AvgIpc) is 2.65. The van der Waals surface area contributed by atoms with Crippen molar-refractivity contribution in [2.75, 3.05) is 12.1 Å². The molecule has 1 aromatic heterocycles. The molecule has 0 atom stereocenters. The Balaban J connectivity index is 1.76. The maximum atomic E-state index is 12.8. The van der Waals surface area contributed by atoms with Crippen molar-refractivity contribution >= 4 is 33.6 Å². The fraction of sp³-hybridized carbons (Fsp3) is 0.188. The van der Waals surface area contributed by atoms with Gasteiger partial charge in [0.25, 0.3) is 0 Å². The van der Waals surface area contributed by atoms with Gasteiger partial charge in [0.2, 0.25) is 0 Å². The van der Waals surface area contributed by atoms with Gasteiger partial charge in [-0.2, -0.15) is 28.8 Å². The van der Waals surface area contributed by atoms with E-state index in [0.29, 0.717) is 20.7 Å². The van der Waals surface area contributed by atoms with Crippen LogP contribution in [0.3, 0.4) is 0 Å². The van der Waals surface area contributed by atoms with Gasteiger partial charge in [-0.15, -0.1) is 10.2 Å². The summed E-state index contributed by atoms with van der Waals surface area (Å²) in [6, 6.07) is 8.41. The second kappa shape index (κ2) is 7.47. The summed E-state index contributed by atoms with van der Waals surface area (Å²) in [7, 11) is 1.70. The molecule has 1 aliphatic rings. The van der Waals surface area contributed by atoms with Crippen LogP contribution >= 0.6 is 23.5 Å². The van der Waals surface area contributed by atoms with Gasteiger partial charge >= 0.3 is 6.18 Å². The number of halogens is 3. The number of hydrogen-bond acceptors (Lipinski definition) is 8. The smallest absolute Gasteiger partial charge is 0.264 e. The van der Waals surface area contributed by atoms with Crippen LogP contribution in [-0.4, -0.2) is 21.6 Å². The number of nitriles is 2. The molecule has 3 rings (SSSR count). The normalized spacial score (nSPS) is 13.4. The van der Waals surface area contributed by atoms with Crippen molar-refractivity contribution < 1.29 is 13.2 Å². The molecule has 2 heterocycles. The van der Waals surface area contributed by atoms with Crippen LogP contribution in [0.4, 0.5) is 18.9 Å². The lowest BCUT2D eigenvalue weighted by Crippen LogP contribution is -2.17. The van der Waals surface area contributed by atoms with Crippen molar-refractivity contribution in [1.29, 1.82) is 10.5 Å². The number of rotatable bonds is 2. The van der Waals surface area contributed by atoms with Crippen molar-refractivity contribution in [3.8, 4) is 12.1 Å². The highest BCUT2D eigenvalue weighted by molar-refractivity contribution is 8.38. The van der Waals surface area contributed by atoms with E-state index < -0.39 is 11.7 Å². The van der Waals surface area contributed by atoms with Crippen molar-refractivity contribution in [1.82, 2.24) is 10.2 Å². The number of hydrogen-bond donors (Lipinski definition) is 0. The molecule has 27 heavy (non-hydrogen) atoms. The molecule has 0 bridgehead atoms. The van der Waals surface area contributed by atoms with Gasteiger partial charge in [0.05, 0.1) is 22.9 Å². The maximum Gasteiger partial charge on any atom is 0.416 e. The zero-order valence-corrected chi connectivity index (χ0v) is 15.3. The molecule has 0 saturated carbocycles. The van der Waals surface area contributed by atoms with Gasteiger partial charge in [-0.1, -0.05) is 17.8 Å². The van der Waals surface area contributed by atoms with Crippen LogP contribution in [0, 0.1) is 22.7 Å². The summed E-state index contributed by atoms with van der Waals surface area (Å²) in [5.74, 6) is 0.278. The number of fused-ring (bicyclic) bond motifs is 1. The van der Waals surface area contributed by atoms with Gasteiger partial charge in [-0.3, -0.25) is 5.01 Å². The Hall–Kier alpha value is -2.76. The Bertz CT molecular complexity index is 1010. The van der Waals surface area contributed by atoms with Crippen molar-refractivity contribution in [2.45, 2.75) is 17.0 Å². The van der Waals surface area contributed by atoms with E-state index in [0.717, 1.165) is 12.1 Å². The molecule has 1 aromatic carbocycles. The Morgan fingerprint density at radius 2 is 1.96 bits per heavy atom. The van der Waals surface area contributed by atoms with Crippen molar-refractivity contribution in [2.24, 2.45) is 5.10 Å². The fourth-order valence-electron chi connectivity index (χ4n) is 2.19. The van der Waals surface area contributed by atoms with Crippen LogP contribution in [0.2, 0.25) is 0 Å². The average molecular weight is 406 g/mol. The Morgan fingerprint density at radius 3 is 2.63 bits per heavy atom. The number of anilines is 1. The third-order valence-corrected chi connectivity index (χ3v) is 5.66. The summed E-state index contributed by atoms with van der Waals surface area (Å²) in [4.78, 5) is 0. The van der Waals surface area contributed by atoms with E-state index in [1.807, 2.05) is 12.1 Å². The lowest BCUT2D eigenvalue weighted by molar-refractivity contribution is -0.137. The number of thioether (sulfide) groups is 2. The molecule has 0 amide bonds. The minimum Gasteiger partial charge on any atom is -0.264 e. The third kappa shape index (κ3) is 4.15. The number of nitrogens with zero attached hydrogens (tertiary/aromatic N) is 6. The highest BCUT2D eigenvalue weighted by Crippen LogP contribution is 2.38. The topological polar surface area (TPSA) is 89.0 Å². The second-order valence-corrected chi connectivity index (χ2v) is 7.49. The minimum atomic E-state index is -4.49. The van der Waals surface area contributed by atoms with E-state index in [4.69, 9.17) is 10.5 Å². The molecular weight excluding hydrogens is 397 g/mol. The number of hydrazone groups is 1. The summed E-state index contributed by atoms with van der Waals surface area (Å²) in [5, 5.41) is 32.3. The Morgan fingerprint density at radius 1 is 1.19 bits per heavy atom. The highest BCUT2D eigenvalue weighted by atomic mass is 32.2. The van der Waals surface area contributed by atoms with Crippen LogP contribution in [-0.2, 0) is 11.9 Å². The monoisotopic (exact) mass is 406 g/mol. The molecule has 2 aromatic rings. The third-order valence-electron chi connectivity index (χ3n) is 3.53. The van der Waals surface area contributed by atoms with Crippen molar-refractivity contribution in [3.05, 3.63) is 46.6 Å². The number of benzene rings is 1. The molecule has 136 valence electrons. The molecule has 6 nitrogen and oxygen atoms in total. The molecule has 1 aliphatic heterocycles. The standard InChI is InChI=1S/C16H9F3N6S2/c1-25-13-5-12(7-21)22-23-14(13)27-15(24-25)26-8-9-2-3-11(16(17,18)19)4-10(9)6-20/h2-5H,8H2,1H3.